The summed E-state index contributed by atoms with van der Waals surface area (Å²) in [7, 11) is 0. The Bertz CT molecular complexity index is 821. The van der Waals surface area contributed by atoms with E-state index in [2.05, 4.69) is 11.9 Å². The fourth-order valence-corrected chi connectivity index (χ4v) is 3.29. The van der Waals surface area contributed by atoms with Gasteiger partial charge in [0, 0.05) is 11.1 Å². The van der Waals surface area contributed by atoms with E-state index in [9.17, 15) is 4.39 Å². The number of H-pyrrole nitrogens is 1. The van der Waals surface area contributed by atoms with Crippen LogP contribution in [0.15, 0.2) is 36.4 Å². The molecule has 4 heteroatoms. The van der Waals surface area contributed by atoms with Crippen LogP contribution in [-0.2, 0) is 6.42 Å². The molecule has 1 heterocycles. The Hall–Kier alpha value is -1.84. The maximum Gasteiger partial charge on any atom is 0.123 e. The Morgan fingerprint density at radius 2 is 1.83 bits per heavy atom. The zero-order valence-corrected chi connectivity index (χ0v) is 13.9. The molecule has 0 bridgehead atoms. The Morgan fingerprint density at radius 3 is 2.52 bits per heavy atom. The van der Waals surface area contributed by atoms with Crippen LogP contribution in [0.3, 0.4) is 0 Å². The standard InChI is InChI=1S/C19H20ClFN2/c1-12-5-10-16(20)17-15(4-2-3-11-22)19(23-18(12)17)13-6-8-14(21)9-7-13/h5-10,23H,2-4,11,22H2,1H3. The van der Waals surface area contributed by atoms with Gasteiger partial charge in [0.2, 0.25) is 0 Å². The minimum absolute atomic E-state index is 0.233. The Balaban J connectivity index is 2.19. The van der Waals surface area contributed by atoms with Crippen LogP contribution < -0.4 is 5.73 Å². The first-order valence-corrected chi connectivity index (χ1v) is 8.25. The first kappa shape index (κ1) is 16.0. The van der Waals surface area contributed by atoms with Gasteiger partial charge in [-0.25, -0.2) is 4.39 Å². The monoisotopic (exact) mass is 330 g/mol. The highest BCUT2D eigenvalue weighted by molar-refractivity contribution is 6.36. The van der Waals surface area contributed by atoms with E-state index in [1.165, 1.54) is 17.7 Å². The van der Waals surface area contributed by atoms with E-state index in [-0.39, 0.29) is 5.82 Å². The van der Waals surface area contributed by atoms with Gasteiger partial charge in [0.1, 0.15) is 5.82 Å². The van der Waals surface area contributed by atoms with E-state index >= 15 is 0 Å². The molecule has 0 saturated heterocycles. The lowest BCUT2D eigenvalue weighted by molar-refractivity contribution is 0.628. The number of fused-ring (bicyclic) bond motifs is 1. The summed E-state index contributed by atoms with van der Waals surface area (Å²) in [5, 5.41) is 1.82. The smallest absolute Gasteiger partial charge is 0.123 e. The molecule has 2 aromatic carbocycles. The van der Waals surface area contributed by atoms with Crippen LogP contribution in [0.25, 0.3) is 22.2 Å². The molecule has 0 aliphatic heterocycles. The summed E-state index contributed by atoms with van der Waals surface area (Å²) >= 11 is 6.47. The molecule has 0 spiro atoms. The van der Waals surface area contributed by atoms with Crippen molar-refractivity contribution < 1.29 is 4.39 Å². The quantitative estimate of drug-likeness (QED) is 0.619. The summed E-state index contributed by atoms with van der Waals surface area (Å²) in [6, 6.07) is 10.5. The second kappa shape index (κ2) is 6.73. The van der Waals surface area contributed by atoms with Gasteiger partial charge in [-0.3, -0.25) is 0 Å². The predicted molar refractivity (Wildman–Crippen MR) is 95.4 cm³/mol. The fourth-order valence-electron chi connectivity index (χ4n) is 3.02. The number of hydrogen-bond donors (Lipinski definition) is 2. The number of nitrogens with one attached hydrogen (secondary N) is 1. The minimum Gasteiger partial charge on any atom is -0.354 e. The van der Waals surface area contributed by atoms with E-state index in [4.69, 9.17) is 17.3 Å². The van der Waals surface area contributed by atoms with E-state index in [0.29, 0.717) is 6.54 Å². The first-order valence-electron chi connectivity index (χ1n) is 7.87. The summed E-state index contributed by atoms with van der Waals surface area (Å²) in [6.45, 7) is 2.74. The van der Waals surface area contributed by atoms with Crippen LogP contribution in [0.5, 0.6) is 0 Å². The van der Waals surface area contributed by atoms with E-state index in [0.717, 1.165) is 52.0 Å². The second-order valence-electron chi connectivity index (χ2n) is 5.85. The number of aromatic nitrogens is 1. The van der Waals surface area contributed by atoms with Crippen molar-refractivity contribution in [1.82, 2.24) is 4.98 Å². The van der Waals surface area contributed by atoms with E-state index < -0.39 is 0 Å². The maximum atomic E-state index is 13.2. The van der Waals surface area contributed by atoms with Crippen molar-refractivity contribution >= 4 is 22.5 Å². The first-order chi connectivity index (χ1) is 11.1. The van der Waals surface area contributed by atoms with Crippen LogP contribution in [0, 0.1) is 12.7 Å². The molecule has 0 radical (unpaired) electrons. The van der Waals surface area contributed by atoms with E-state index in [1.54, 1.807) is 12.1 Å². The van der Waals surface area contributed by atoms with Crippen molar-refractivity contribution in [2.45, 2.75) is 26.2 Å². The normalized spacial score (nSPS) is 11.3. The second-order valence-corrected chi connectivity index (χ2v) is 6.25. The highest BCUT2D eigenvalue weighted by Gasteiger charge is 2.16. The maximum absolute atomic E-state index is 13.2. The van der Waals surface area contributed by atoms with Crippen molar-refractivity contribution in [3.63, 3.8) is 0 Å². The highest BCUT2D eigenvalue weighted by Crippen LogP contribution is 2.37. The zero-order valence-electron chi connectivity index (χ0n) is 13.1. The average molecular weight is 331 g/mol. The molecule has 3 aromatic rings. The number of benzene rings is 2. The number of aromatic amines is 1. The van der Waals surface area contributed by atoms with Gasteiger partial charge in [-0.15, -0.1) is 0 Å². The Labute approximate surface area is 140 Å². The number of unbranched alkanes of at least 4 members (excludes halogenated alkanes) is 1. The van der Waals surface area contributed by atoms with Crippen molar-refractivity contribution in [2.75, 3.05) is 6.54 Å². The van der Waals surface area contributed by atoms with Crippen LogP contribution in [0.2, 0.25) is 5.02 Å². The van der Waals surface area contributed by atoms with Gasteiger partial charge in [0.25, 0.3) is 0 Å². The topological polar surface area (TPSA) is 41.8 Å². The molecule has 3 rings (SSSR count). The lowest BCUT2D eigenvalue weighted by atomic mass is 9.99. The van der Waals surface area contributed by atoms with Crippen LogP contribution in [-0.4, -0.2) is 11.5 Å². The summed E-state index contributed by atoms with van der Waals surface area (Å²) in [5.41, 5.74) is 11.0. The van der Waals surface area contributed by atoms with Crippen LogP contribution in [0.4, 0.5) is 4.39 Å². The number of nitrogens with two attached hydrogens (primary N) is 1. The van der Waals surface area contributed by atoms with Gasteiger partial charge in [0.15, 0.2) is 0 Å². The number of rotatable bonds is 5. The molecular weight excluding hydrogens is 311 g/mol. The molecule has 2 nitrogen and oxygen atoms in total. The zero-order chi connectivity index (χ0) is 16.4. The third kappa shape index (κ3) is 3.12. The summed E-state index contributed by atoms with van der Waals surface area (Å²) in [4.78, 5) is 3.50. The van der Waals surface area contributed by atoms with Crippen molar-refractivity contribution in [3.8, 4) is 11.3 Å². The lowest BCUT2D eigenvalue weighted by Gasteiger charge is -2.06. The van der Waals surface area contributed by atoms with Gasteiger partial charge in [-0.1, -0.05) is 17.7 Å². The molecule has 3 N–H and O–H groups in total. The van der Waals surface area contributed by atoms with Gasteiger partial charge in [-0.05, 0) is 79.8 Å². The van der Waals surface area contributed by atoms with Gasteiger partial charge >= 0.3 is 0 Å². The molecule has 0 fully saturated rings. The Kier molecular flexibility index (Phi) is 4.69. The van der Waals surface area contributed by atoms with Gasteiger partial charge in [0.05, 0.1) is 10.5 Å². The predicted octanol–water partition coefficient (Wildman–Crippen LogP) is 5.22. The largest absolute Gasteiger partial charge is 0.354 e. The van der Waals surface area contributed by atoms with Crippen molar-refractivity contribution in [2.24, 2.45) is 5.73 Å². The van der Waals surface area contributed by atoms with Gasteiger partial charge in [-0.2, -0.15) is 0 Å². The molecule has 1 aromatic heterocycles. The number of aryl methyl sites for hydroxylation is 2. The number of halogens is 2. The molecule has 0 unspecified atom stereocenters. The third-order valence-corrected chi connectivity index (χ3v) is 4.55. The molecule has 0 aliphatic rings. The highest BCUT2D eigenvalue weighted by atomic mass is 35.5. The SMILES string of the molecule is Cc1ccc(Cl)c2c(CCCCN)c(-c3ccc(F)cc3)[nH]c12. The summed E-state index contributed by atoms with van der Waals surface area (Å²) in [5.74, 6) is -0.233. The molecule has 23 heavy (non-hydrogen) atoms. The fraction of sp³-hybridized carbons (Fsp3) is 0.263. The molecule has 0 amide bonds. The molecule has 0 saturated carbocycles. The summed E-state index contributed by atoms with van der Waals surface area (Å²) in [6.07, 6.45) is 2.87. The average Bonchev–Trinajstić information content (AvgIpc) is 2.93. The van der Waals surface area contributed by atoms with Gasteiger partial charge < -0.3 is 10.7 Å². The summed E-state index contributed by atoms with van der Waals surface area (Å²) < 4.78 is 13.2. The molecule has 0 aliphatic carbocycles. The van der Waals surface area contributed by atoms with Crippen LogP contribution >= 0.6 is 11.6 Å². The number of hydrogen-bond acceptors (Lipinski definition) is 1. The third-order valence-electron chi connectivity index (χ3n) is 4.23. The van der Waals surface area contributed by atoms with Crippen molar-refractivity contribution in [3.05, 3.63) is 58.4 Å². The van der Waals surface area contributed by atoms with E-state index in [1.807, 2.05) is 12.1 Å². The lowest BCUT2D eigenvalue weighted by Crippen LogP contribution is -1.99. The Morgan fingerprint density at radius 1 is 1.09 bits per heavy atom. The van der Waals surface area contributed by atoms with Crippen LogP contribution in [0.1, 0.15) is 24.0 Å². The molecule has 0 atom stereocenters. The van der Waals surface area contributed by atoms with Crippen molar-refractivity contribution in [1.29, 1.82) is 0 Å². The molecule has 120 valence electrons. The molecular formula is C19H20ClFN2. The minimum atomic E-state index is -0.233.